The summed E-state index contributed by atoms with van der Waals surface area (Å²) in [6.07, 6.45) is 6.14. The lowest BCUT2D eigenvalue weighted by Gasteiger charge is -2.32. The molecule has 1 aromatic carbocycles. The van der Waals surface area contributed by atoms with Crippen LogP contribution in [0.3, 0.4) is 0 Å². The van der Waals surface area contributed by atoms with E-state index in [0.717, 1.165) is 25.9 Å². The van der Waals surface area contributed by atoms with Crippen molar-refractivity contribution in [3.8, 4) is 0 Å². The van der Waals surface area contributed by atoms with Crippen LogP contribution in [0.15, 0.2) is 54.9 Å². The number of nitrogens with zero attached hydrogens (tertiary/aromatic N) is 1. The number of hydrogen-bond acceptors (Lipinski definition) is 3. The average Bonchev–Trinajstić information content (AvgIpc) is 2.56. The summed E-state index contributed by atoms with van der Waals surface area (Å²) < 4.78 is 6.19. The summed E-state index contributed by atoms with van der Waals surface area (Å²) in [4.78, 5) is 4.05. The van der Waals surface area contributed by atoms with Crippen LogP contribution in [0.25, 0.3) is 0 Å². The molecule has 0 bridgehead atoms. The van der Waals surface area contributed by atoms with Gasteiger partial charge in [-0.25, -0.2) is 0 Å². The van der Waals surface area contributed by atoms with Crippen LogP contribution >= 0.6 is 0 Å². The number of nitrogens with one attached hydrogen (secondary N) is 1. The van der Waals surface area contributed by atoms with Crippen molar-refractivity contribution in [3.05, 3.63) is 66.0 Å². The van der Waals surface area contributed by atoms with Crippen LogP contribution in [-0.4, -0.2) is 24.2 Å². The zero-order chi connectivity index (χ0) is 14.3. The third-order valence-corrected chi connectivity index (χ3v) is 4.09. The van der Waals surface area contributed by atoms with Gasteiger partial charge in [-0.05, 0) is 42.6 Å². The minimum atomic E-state index is 0.333. The fourth-order valence-corrected chi connectivity index (χ4v) is 2.92. The molecule has 1 saturated heterocycles. The highest BCUT2D eigenvalue weighted by molar-refractivity contribution is 5.16. The molecule has 1 N–H and O–H groups in total. The third-order valence-electron chi connectivity index (χ3n) is 4.09. The van der Waals surface area contributed by atoms with E-state index in [2.05, 4.69) is 40.6 Å². The second-order valence-electron chi connectivity index (χ2n) is 5.65. The quantitative estimate of drug-likeness (QED) is 0.915. The largest absolute Gasteiger partial charge is 0.373 e. The molecule has 3 heteroatoms. The van der Waals surface area contributed by atoms with Crippen molar-refractivity contribution in [2.75, 3.05) is 13.1 Å². The van der Waals surface area contributed by atoms with Gasteiger partial charge in [0.05, 0.1) is 12.7 Å². The SMILES string of the molecule is c1ccc(C[C@@H]2CNCC[C@@H]2OCc2ccncc2)cc1. The molecule has 0 saturated carbocycles. The summed E-state index contributed by atoms with van der Waals surface area (Å²) >= 11 is 0. The lowest BCUT2D eigenvalue weighted by molar-refractivity contribution is -0.0151. The Morgan fingerprint density at radius 2 is 1.86 bits per heavy atom. The van der Waals surface area contributed by atoms with Gasteiger partial charge in [0.25, 0.3) is 0 Å². The van der Waals surface area contributed by atoms with E-state index in [0.29, 0.717) is 18.6 Å². The first-order valence-electron chi connectivity index (χ1n) is 7.67. The van der Waals surface area contributed by atoms with Gasteiger partial charge in [0, 0.05) is 24.9 Å². The Bertz CT molecular complexity index is 529. The predicted molar refractivity (Wildman–Crippen MR) is 83.9 cm³/mol. The number of aromatic nitrogens is 1. The van der Waals surface area contributed by atoms with Crippen molar-refractivity contribution < 1.29 is 4.74 Å². The Balaban J connectivity index is 1.59. The van der Waals surface area contributed by atoms with E-state index in [9.17, 15) is 0 Å². The second kappa shape index (κ2) is 7.34. The molecule has 2 aromatic rings. The lowest BCUT2D eigenvalue weighted by atomic mass is 9.89. The lowest BCUT2D eigenvalue weighted by Crippen LogP contribution is -2.42. The molecule has 1 fully saturated rings. The van der Waals surface area contributed by atoms with Gasteiger partial charge >= 0.3 is 0 Å². The maximum atomic E-state index is 6.19. The van der Waals surface area contributed by atoms with Gasteiger partial charge in [-0.1, -0.05) is 30.3 Å². The molecule has 3 nitrogen and oxygen atoms in total. The number of hydrogen-bond donors (Lipinski definition) is 1. The van der Waals surface area contributed by atoms with Crippen LogP contribution < -0.4 is 5.32 Å². The highest BCUT2D eigenvalue weighted by Gasteiger charge is 2.25. The number of pyridine rings is 1. The van der Waals surface area contributed by atoms with Gasteiger partial charge in [-0.2, -0.15) is 0 Å². The van der Waals surface area contributed by atoms with Crippen LogP contribution in [-0.2, 0) is 17.8 Å². The van der Waals surface area contributed by atoms with E-state index in [-0.39, 0.29) is 0 Å². The number of rotatable bonds is 5. The molecule has 3 rings (SSSR count). The minimum absolute atomic E-state index is 0.333. The van der Waals surface area contributed by atoms with E-state index in [1.165, 1.54) is 11.1 Å². The molecule has 0 unspecified atom stereocenters. The van der Waals surface area contributed by atoms with Crippen molar-refractivity contribution in [1.82, 2.24) is 10.3 Å². The van der Waals surface area contributed by atoms with E-state index >= 15 is 0 Å². The van der Waals surface area contributed by atoms with E-state index in [1.807, 2.05) is 24.5 Å². The Morgan fingerprint density at radius 1 is 1.05 bits per heavy atom. The summed E-state index contributed by atoms with van der Waals surface area (Å²) in [5.41, 5.74) is 2.59. The average molecular weight is 282 g/mol. The van der Waals surface area contributed by atoms with Crippen LogP contribution in [0.4, 0.5) is 0 Å². The molecule has 0 amide bonds. The smallest absolute Gasteiger partial charge is 0.0721 e. The Hall–Kier alpha value is -1.71. The van der Waals surface area contributed by atoms with Crippen molar-refractivity contribution in [2.24, 2.45) is 5.92 Å². The molecule has 1 aromatic heterocycles. The number of ether oxygens (including phenoxy) is 1. The van der Waals surface area contributed by atoms with Crippen molar-refractivity contribution >= 4 is 0 Å². The van der Waals surface area contributed by atoms with E-state index < -0.39 is 0 Å². The molecule has 0 radical (unpaired) electrons. The van der Waals surface area contributed by atoms with Gasteiger partial charge in [-0.15, -0.1) is 0 Å². The van der Waals surface area contributed by atoms with Crippen molar-refractivity contribution in [3.63, 3.8) is 0 Å². The first-order chi connectivity index (χ1) is 10.4. The monoisotopic (exact) mass is 282 g/mol. The maximum absolute atomic E-state index is 6.19. The molecular formula is C18H22N2O. The summed E-state index contributed by atoms with van der Waals surface area (Å²) in [5.74, 6) is 0.544. The number of benzene rings is 1. The maximum Gasteiger partial charge on any atom is 0.0721 e. The van der Waals surface area contributed by atoms with E-state index in [1.54, 1.807) is 0 Å². The molecule has 2 heterocycles. The zero-order valence-corrected chi connectivity index (χ0v) is 12.2. The first kappa shape index (κ1) is 14.2. The Kier molecular flexibility index (Phi) is 4.98. The van der Waals surface area contributed by atoms with Crippen LogP contribution in [0.2, 0.25) is 0 Å². The Labute approximate surface area is 126 Å². The summed E-state index contributed by atoms with van der Waals surface area (Å²) in [7, 11) is 0. The summed E-state index contributed by atoms with van der Waals surface area (Å²) in [5, 5.41) is 3.49. The standard InChI is InChI=1S/C18H22N2O/c1-2-4-15(5-3-1)12-17-13-20-11-8-18(17)21-14-16-6-9-19-10-7-16/h1-7,9-10,17-18,20H,8,11-14H2/t17-,18+/m1/s1. The molecular weight excluding hydrogens is 260 g/mol. The van der Waals surface area contributed by atoms with Gasteiger partial charge in [0.2, 0.25) is 0 Å². The molecule has 21 heavy (non-hydrogen) atoms. The molecule has 1 aliphatic heterocycles. The fraction of sp³-hybridized carbons (Fsp3) is 0.389. The minimum Gasteiger partial charge on any atom is -0.373 e. The molecule has 0 spiro atoms. The zero-order valence-electron chi connectivity index (χ0n) is 12.2. The van der Waals surface area contributed by atoms with E-state index in [4.69, 9.17) is 4.74 Å². The molecule has 1 aliphatic rings. The van der Waals surface area contributed by atoms with Crippen molar-refractivity contribution in [1.29, 1.82) is 0 Å². The normalized spacial score (nSPS) is 22.1. The van der Waals surface area contributed by atoms with Gasteiger partial charge < -0.3 is 10.1 Å². The third kappa shape index (κ3) is 4.13. The highest BCUT2D eigenvalue weighted by atomic mass is 16.5. The first-order valence-corrected chi connectivity index (χ1v) is 7.67. The summed E-state index contributed by atoms with van der Waals surface area (Å²) in [6.45, 7) is 2.76. The topological polar surface area (TPSA) is 34.1 Å². The highest BCUT2D eigenvalue weighted by Crippen LogP contribution is 2.21. The van der Waals surface area contributed by atoms with Crippen molar-refractivity contribution in [2.45, 2.75) is 25.6 Å². The van der Waals surface area contributed by atoms with Gasteiger partial charge in [-0.3, -0.25) is 4.98 Å². The predicted octanol–water partition coefficient (Wildman–Crippen LogP) is 2.82. The van der Waals surface area contributed by atoms with Gasteiger partial charge in [0.1, 0.15) is 0 Å². The Morgan fingerprint density at radius 3 is 2.67 bits per heavy atom. The molecule has 0 aliphatic carbocycles. The number of piperidine rings is 1. The van der Waals surface area contributed by atoms with Crippen LogP contribution in [0.5, 0.6) is 0 Å². The van der Waals surface area contributed by atoms with Crippen LogP contribution in [0, 0.1) is 5.92 Å². The second-order valence-corrected chi connectivity index (χ2v) is 5.65. The van der Waals surface area contributed by atoms with Crippen LogP contribution in [0.1, 0.15) is 17.5 Å². The summed E-state index contributed by atoms with van der Waals surface area (Å²) in [6, 6.07) is 14.7. The fourth-order valence-electron chi connectivity index (χ4n) is 2.92. The van der Waals surface area contributed by atoms with Gasteiger partial charge in [0.15, 0.2) is 0 Å². The molecule has 2 atom stereocenters. The molecule has 110 valence electrons.